The number of halogens is 1. The predicted molar refractivity (Wildman–Crippen MR) is 107 cm³/mol. The number of thioether (sulfide) groups is 1. The highest BCUT2D eigenvalue weighted by Crippen LogP contribution is 2.39. The van der Waals surface area contributed by atoms with Gasteiger partial charge in [-0.05, 0) is 48.0 Å². The molecule has 0 bridgehead atoms. The molecule has 0 aliphatic carbocycles. The Morgan fingerprint density at radius 1 is 1.19 bits per heavy atom. The highest BCUT2D eigenvalue weighted by Gasteiger charge is 2.35. The lowest BCUT2D eigenvalue weighted by atomic mass is 10.1. The number of rotatable bonds is 6. The van der Waals surface area contributed by atoms with Crippen molar-refractivity contribution in [1.82, 2.24) is 4.90 Å². The zero-order valence-electron chi connectivity index (χ0n) is 14.9. The Balaban J connectivity index is 1.86. The lowest BCUT2D eigenvalue weighted by Gasteiger charge is -2.13. The molecule has 0 radical (unpaired) electrons. The Morgan fingerprint density at radius 3 is 2.59 bits per heavy atom. The molecule has 0 N–H and O–H groups in total. The Bertz CT molecular complexity index is 898. The van der Waals surface area contributed by atoms with Gasteiger partial charge in [0.15, 0.2) is 11.5 Å². The van der Waals surface area contributed by atoms with Crippen molar-refractivity contribution >= 4 is 40.6 Å². The fraction of sp³-hybridized carbons (Fsp3) is 0.200. The van der Waals surface area contributed by atoms with Crippen molar-refractivity contribution in [3.05, 3.63) is 63.5 Å². The molecule has 5 nitrogen and oxygen atoms in total. The number of carbonyl (C=O) groups is 2. The maximum atomic E-state index is 12.7. The van der Waals surface area contributed by atoms with Gasteiger partial charge in [0, 0.05) is 0 Å². The summed E-state index contributed by atoms with van der Waals surface area (Å²) in [6.45, 7) is 2.55. The number of hydrogen-bond donors (Lipinski definition) is 0. The first kappa shape index (κ1) is 19.3. The van der Waals surface area contributed by atoms with E-state index in [0.29, 0.717) is 33.6 Å². The van der Waals surface area contributed by atoms with Crippen LogP contribution in [0.25, 0.3) is 6.08 Å². The average Bonchev–Trinajstić information content (AvgIpc) is 2.92. The minimum atomic E-state index is -0.321. The lowest BCUT2D eigenvalue weighted by Crippen LogP contribution is -2.27. The van der Waals surface area contributed by atoms with Crippen LogP contribution in [0, 0.1) is 0 Å². The molecule has 27 heavy (non-hydrogen) atoms. The number of carbonyl (C=O) groups excluding carboxylic acids is 2. The molecule has 0 unspecified atom stereocenters. The zero-order chi connectivity index (χ0) is 19.4. The van der Waals surface area contributed by atoms with E-state index in [2.05, 4.69) is 0 Å². The Morgan fingerprint density at radius 2 is 1.93 bits per heavy atom. The largest absolute Gasteiger partial charge is 0.493 e. The molecule has 0 spiro atoms. The summed E-state index contributed by atoms with van der Waals surface area (Å²) in [5.74, 6) is 0.605. The molecule has 3 rings (SSSR count). The van der Waals surface area contributed by atoms with E-state index < -0.39 is 0 Å². The quantitative estimate of drug-likeness (QED) is 0.636. The van der Waals surface area contributed by atoms with Gasteiger partial charge in [-0.15, -0.1) is 0 Å². The van der Waals surface area contributed by atoms with Crippen LogP contribution in [0.5, 0.6) is 11.5 Å². The Kier molecular flexibility index (Phi) is 6.08. The fourth-order valence-corrected chi connectivity index (χ4v) is 3.77. The van der Waals surface area contributed by atoms with Crippen molar-refractivity contribution in [2.45, 2.75) is 13.5 Å². The molecule has 7 heteroatoms. The smallest absolute Gasteiger partial charge is 0.293 e. The van der Waals surface area contributed by atoms with Gasteiger partial charge in [0.05, 0.1) is 30.2 Å². The Hall–Kier alpha value is -2.44. The number of hydrogen-bond acceptors (Lipinski definition) is 5. The molecule has 0 atom stereocenters. The summed E-state index contributed by atoms with van der Waals surface area (Å²) in [4.78, 5) is 26.5. The molecular weight excluding hydrogens is 386 g/mol. The zero-order valence-corrected chi connectivity index (χ0v) is 16.5. The molecule has 1 saturated heterocycles. The molecule has 1 fully saturated rings. The van der Waals surface area contributed by atoms with E-state index in [1.54, 1.807) is 18.2 Å². The van der Waals surface area contributed by atoms with Crippen LogP contribution in [0.1, 0.15) is 18.1 Å². The van der Waals surface area contributed by atoms with Gasteiger partial charge in [0.2, 0.25) is 0 Å². The van der Waals surface area contributed by atoms with Crippen LogP contribution in [0.4, 0.5) is 4.79 Å². The summed E-state index contributed by atoms with van der Waals surface area (Å²) >= 11 is 7.19. The molecule has 2 amide bonds. The van der Waals surface area contributed by atoms with E-state index in [1.807, 2.05) is 37.3 Å². The van der Waals surface area contributed by atoms with Gasteiger partial charge >= 0.3 is 0 Å². The molecule has 1 aliphatic rings. The van der Waals surface area contributed by atoms with Crippen LogP contribution in [0.15, 0.2) is 47.4 Å². The van der Waals surface area contributed by atoms with E-state index in [-0.39, 0.29) is 17.7 Å². The van der Waals surface area contributed by atoms with Crippen molar-refractivity contribution < 1.29 is 19.1 Å². The molecule has 0 saturated carbocycles. The van der Waals surface area contributed by atoms with Gasteiger partial charge in [-0.3, -0.25) is 14.5 Å². The van der Waals surface area contributed by atoms with Crippen LogP contribution in [-0.2, 0) is 11.3 Å². The molecule has 1 heterocycles. The van der Waals surface area contributed by atoms with E-state index in [0.717, 1.165) is 17.3 Å². The number of ether oxygens (including phenoxy) is 2. The SMILES string of the molecule is CCOc1c(Cl)cc(/C=C2\SC(=O)N(Cc3ccccc3)C2=O)cc1OC. The second kappa shape index (κ2) is 8.50. The molecule has 0 aromatic heterocycles. The summed E-state index contributed by atoms with van der Waals surface area (Å²) in [7, 11) is 1.52. The molecule has 1 aliphatic heterocycles. The van der Waals surface area contributed by atoms with Gasteiger partial charge in [-0.25, -0.2) is 0 Å². The summed E-state index contributed by atoms with van der Waals surface area (Å²) in [6, 6.07) is 12.8. The summed E-state index contributed by atoms with van der Waals surface area (Å²) in [5, 5.41) is 0.0880. The number of amides is 2. The minimum Gasteiger partial charge on any atom is -0.493 e. The standard InChI is InChI=1S/C20H18ClNO4S/c1-3-26-18-15(21)9-14(10-16(18)25-2)11-17-19(23)22(20(24)27-17)12-13-7-5-4-6-8-13/h4-11H,3,12H2,1-2H3/b17-11-. The van der Waals surface area contributed by atoms with Crippen molar-refractivity contribution in [2.24, 2.45) is 0 Å². The van der Waals surface area contributed by atoms with Gasteiger partial charge < -0.3 is 9.47 Å². The van der Waals surface area contributed by atoms with Crippen LogP contribution < -0.4 is 9.47 Å². The number of nitrogens with zero attached hydrogens (tertiary/aromatic N) is 1. The van der Waals surface area contributed by atoms with Gasteiger partial charge in [0.1, 0.15) is 0 Å². The lowest BCUT2D eigenvalue weighted by molar-refractivity contribution is -0.123. The number of imide groups is 1. The van der Waals surface area contributed by atoms with Gasteiger partial charge in [-0.1, -0.05) is 41.9 Å². The van der Waals surface area contributed by atoms with E-state index in [9.17, 15) is 9.59 Å². The maximum Gasteiger partial charge on any atom is 0.293 e. The van der Waals surface area contributed by atoms with Crippen molar-refractivity contribution in [3.63, 3.8) is 0 Å². The van der Waals surface area contributed by atoms with Crippen LogP contribution in [0.3, 0.4) is 0 Å². The fourth-order valence-electron chi connectivity index (χ4n) is 2.66. The van der Waals surface area contributed by atoms with Crippen LogP contribution in [0.2, 0.25) is 5.02 Å². The van der Waals surface area contributed by atoms with E-state index in [4.69, 9.17) is 21.1 Å². The highest BCUT2D eigenvalue weighted by atomic mass is 35.5. The second-order valence-electron chi connectivity index (χ2n) is 5.72. The third-order valence-electron chi connectivity index (χ3n) is 3.90. The van der Waals surface area contributed by atoms with Gasteiger partial charge in [-0.2, -0.15) is 0 Å². The summed E-state index contributed by atoms with van der Waals surface area (Å²) in [5.41, 5.74) is 1.55. The highest BCUT2D eigenvalue weighted by molar-refractivity contribution is 8.18. The first-order valence-electron chi connectivity index (χ1n) is 8.33. The Labute approximate surface area is 166 Å². The first-order valence-corrected chi connectivity index (χ1v) is 9.52. The maximum absolute atomic E-state index is 12.7. The average molecular weight is 404 g/mol. The van der Waals surface area contributed by atoms with Gasteiger partial charge in [0.25, 0.3) is 11.1 Å². The molecule has 2 aromatic rings. The number of methoxy groups -OCH3 is 1. The molecule has 2 aromatic carbocycles. The monoisotopic (exact) mass is 403 g/mol. The van der Waals surface area contributed by atoms with E-state index in [1.165, 1.54) is 12.0 Å². The second-order valence-corrected chi connectivity index (χ2v) is 7.12. The third kappa shape index (κ3) is 4.28. The molecule has 140 valence electrons. The topological polar surface area (TPSA) is 55.8 Å². The van der Waals surface area contributed by atoms with Crippen molar-refractivity contribution in [1.29, 1.82) is 0 Å². The van der Waals surface area contributed by atoms with Crippen molar-refractivity contribution in [2.75, 3.05) is 13.7 Å². The normalized spacial score (nSPS) is 15.5. The predicted octanol–water partition coefficient (Wildman–Crippen LogP) is 4.98. The van der Waals surface area contributed by atoms with Crippen LogP contribution in [-0.4, -0.2) is 29.8 Å². The number of benzene rings is 2. The van der Waals surface area contributed by atoms with Crippen molar-refractivity contribution in [3.8, 4) is 11.5 Å². The third-order valence-corrected chi connectivity index (χ3v) is 5.08. The first-order chi connectivity index (χ1) is 13.0. The van der Waals surface area contributed by atoms with Crippen LogP contribution >= 0.6 is 23.4 Å². The minimum absolute atomic E-state index is 0.246. The summed E-state index contributed by atoms with van der Waals surface area (Å²) < 4.78 is 10.8. The summed E-state index contributed by atoms with van der Waals surface area (Å²) in [6.07, 6.45) is 1.64. The molecular formula is C20H18ClNO4S. The van der Waals surface area contributed by atoms with E-state index >= 15 is 0 Å².